The molecule has 184 valence electrons. The number of carbonyl (C=O) groups excluding carboxylic acids is 2. The van der Waals surface area contributed by atoms with Crippen LogP contribution < -0.4 is 21.3 Å². The van der Waals surface area contributed by atoms with E-state index < -0.39 is 35.5 Å². The summed E-state index contributed by atoms with van der Waals surface area (Å²) in [5, 5.41) is 2.25. The van der Waals surface area contributed by atoms with Gasteiger partial charge in [0.1, 0.15) is 18.1 Å². The largest absolute Gasteiger partial charge is 0.497 e. The van der Waals surface area contributed by atoms with Crippen LogP contribution in [0.5, 0.6) is 5.75 Å². The third-order valence-corrected chi connectivity index (χ3v) is 5.35. The molecule has 0 unspecified atom stereocenters. The van der Waals surface area contributed by atoms with Crippen LogP contribution in [-0.2, 0) is 16.1 Å². The molecule has 2 heterocycles. The molecule has 4 aromatic rings. The van der Waals surface area contributed by atoms with Crippen LogP contribution >= 0.6 is 0 Å². The minimum absolute atomic E-state index is 0.0829. The molecule has 0 aliphatic heterocycles. The molecule has 0 spiro atoms. The second-order valence-electron chi connectivity index (χ2n) is 7.77. The molecule has 0 bridgehead atoms. The van der Waals surface area contributed by atoms with E-state index in [0.717, 1.165) is 17.7 Å². The van der Waals surface area contributed by atoms with Crippen molar-refractivity contribution in [2.24, 2.45) is 0 Å². The van der Waals surface area contributed by atoms with E-state index in [9.17, 15) is 23.6 Å². The fourth-order valence-electron chi connectivity index (χ4n) is 3.77. The van der Waals surface area contributed by atoms with E-state index in [0.29, 0.717) is 16.0 Å². The number of aryl methyl sites for hydroxylation is 1. The Morgan fingerprint density at radius 1 is 1.06 bits per heavy atom. The predicted molar refractivity (Wildman–Crippen MR) is 129 cm³/mol. The summed E-state index contributed by atoms with van der Waals surface area (Å²) < 4.78 is 25.4. The number of amides is 1. The molecule has 2 aromatic heterocycles. The van der Waals surface area contributed by atoms with Gasteiger partial charge in [0.05, 0.1) is 30.9 Å². The lowest BCUT2D eigenvalue weighted by atomic mass is 10.1. The number of halogens is 1. The van der Waals surface area contributed by atoms with Crippen molar-refractivity contribution in [3.8, 4) is 11.4 Å². The molecule has 1 amide bonds. The molecule has 4 rings (SSSR count). The van der Waals surface area contributed by atoms with Gasteiger partial charge in [-0.2, -0.15) is 0 Å². The molecule has 36 heavy (non-hydrogen) atoms. The van der Waals surface area contributed by atoms with Gasteiger partial charge in [-0.3, -0.25) is 9.59 Å². The minimum Gasteiger partial charge on any atom is -0.497 e. The number of hydrogen-bond acceptors (Lipinski definition) is 7. The molecular weight excluding hydrogens is 471 g/mol. The highest BCUT2D eigenvalue weighted by molar-refractivity contribution is 6.02. The number of pyridine rings is 1. The zero-order chi connectivity index (χ0) is 26.0. The first-order chi connectivity index (χ1) is 17.2. The van der Waals surface area contributed by atoms with Crippen LogP contribution in [-0.4, -0.2) is 40.2 Å². The first kappa shape index (κ1) is 24.3. The van der Waals surface area contributed by atoms with Gasteiger partial charge in [-0.05, 0) is 43.3 Å². The van der Waals surface area contributed by atoms with Gasteiger partial charge in [0.15, 0.2) is 5.65 Å². The molecule has 0 radical (unpaired) electrons. The average Bonchev–Trinajstić information content (AvgIpc) is 2.85. The summed E-state index contributed by atoms with van der Waals surface area (Å²) >= 11 is 0. The van der Waals surface area contributed by atoms with Crippen molar-refractivity contribution < 1.29 is 23.5 Å². The molecule has 0 atom stereocenters. The highest BCUT2D eigenvalue weighted by Crippen LogP contribution is 2.21. The normalized spacial score (nSPS) is 10.8. The van der Waals surface area contributed by atoms with Crippen LogP contribution in [0.1, 0.15) is 16.1 Å². The number of anilines is 1. The van der Waals surface area contributed by atoms with Gasteiger partial charge < -0.3 is 14.8 Å². The lowest BCUT2D eigenvalue weighted by Gasteiger charge is -2.16. The van der Waals surface area contributed by atoms with Gasteiger partial charge in [0.25, 0.3) is 5.56 Å². The Morgan fingerprint density at radius 3 is 2.50 bits per heavy atom. The van der Waals surface area contributed by atoms with Crippen molar-refractivity contribution in [2.45, 2.75) is 13.5 Å². The van der Waals surface area contributed by atoms with E-state index in [1.165, 1.54) is 31.4 Å². The monoisotopic (exact) mass is 492 g/mol. The number of esters is 1. The number of nitrogens with zero attached hydrogens (tertiary/aromatic N) is 3. The Labute approximate surface area is 203 Å². The number of hydrogen-bond donors (Lipinski definition) is 1. The van der Waals surface area contributed by atoms with E-state index in [1.807, 2.05) is 0 Å². The summed E-state index contributed by atoms with van der Waals surface area (Å²) in [6.07, 6.45) is 0. The van der Waals surface area contributed by atoms with Crippen LogP contribution in [0.15, 0.2) is 64.2 Å². The third kappa shape index (κ3) is 4.58. The summed E-state index contributed by atoms with van der Waals surface area (Å²) in [5.74, 6) is -1.71. The summed E-state index contributed by atoms with van der Waals surface area (Å²) in [5.41, 5.74) is -1.17. The molecule has 0 fully saturated rings. The number of rotatable bonds is 6. The van der Waals surface area contributed by atoms with Crippen molar-refractivity contribution in [3.05, 3.63) is 92.5 Å². The second-order valence-corrected chi connectivity index (χ2v) is 7.77. The van der Waals surface area contributed by atoms with E-state index in [2.05, 4.69) is 10.3 Å². The minimum atomic E-state index is -0.906. The predicted octanol–water partition coefficient (Wildman–Crippen LogP) is 2.43. The van der Waals surface area contributed by atoms with E-state index >= 15 is 0 Å². The van der Waals surface area contributed by atoms with Crippen molar-refractivity contribution in [1.29, 1.82) is 0 Å². The average molecular weight is 492 g/mol. The first-order valence-electron chi connectivity index (χ1n) is 10.7. The van der Waals surface area contributed by atoms with E-state index in [-0.39, 0.29) is 28.0 Å². The van der Waals surface area contributed by atoms with E-state index in [1.54, 1.807) is 31.2 Å². The maximum atomic E-state index is 13.6. The van der Waals surface area contributed by atoms with Crippen LogP contribution in [0.4, 0.5) is 10.1 Å². The number of benzene rings is 2. The molecule has 11 heteroatoms. The molecule has 0 aliphatic carbocycles. The zero-order valence-corrected chi connectivity index (χ0v) is 19.6. The van der Waals surface area contributed by atoms with Gasteiger partial charge in [-0.15, -0.1) is 0 Å². The lowest BCUT2D eigenvalue weighted by Crippen LogP contribution is -2.43. The Kier molecular flexibility index (Phi) is 6.64. The molecule has 10 nitrogen and oxygen atoms in total. The number of nitrogens with one attached hydrogen (secondary N) is 1. The van der Waals surface area contributed by atoms with Crippen molar-refractivity contribution in [3.63, 3.8) is 0 Å². The van der Waals surface area contributed by atoms with Gasteiger partial charge in [0, 0.05) is 17.4 Å². The Bertz CT molecular complexity index is 1630. The number of carbonyl (C=O) groups is 2. The zero-order valence-electron chi connectivity index (χ0n) is 19.6. The Morgan fingerprint density at radius 2 is 1.81 bits per heavy atom. The summed E-state index contributed by atoms with van der Waals surface area (Å²) in [6.45, 7) is 0.896. The summed E-state index contributed by atoms with van der Waals surface area (Å²) in [7, 11) is 2.61. The maximum absolute atomic E-state index is 13.6. The van der Waals surface area contributed by atoms with Crippen molar-refractivity contribution in [2.75, 3.05) is 19.5 Å². The van der Waals surface area contributed by atoms with Gasteiger partial charge in [-0.25, -0.2) is 28.1 Å². The molecule has 1 N–H and O–H groups in total. The summed E-state index contributed by atoms with van der Waals surface area (Å²) in [4.78, 5) is 56.7. The fraction of sp³-hybridized carbons (Fsp3) is 0.160. The van der Waals surface area contributed by atoms with Gasteiger partial charge in [-0.1, -0.05) is 12.1 Å². The standard InChI is InChI=1S/C25H21FN4O6/c1-14-10-19(24(33)36-3)21-22(27-14)30(17-8-5-9-18(12-17)35-2)25(34)29(23(21)32)13-20(31)28-16-7-4-6-15(26)11-16/h4-12H,13H2,1-3H3,(H,28,31). The first-order valence-corrected chi connectivity index (χ1v) is 10.7. The third-order valence-electron chi connectivity index (χ3n) is 5.35. The summed E-state index contributed by atoms with van der Waals surface area (Å²) in [6, 6.07) is 13.0. The molecule has 2 aromatic carbocycles. The topological polar surface area (TPSA) is 122 Å². The lowest BCUT2D eigenvalue weighted by molar-refractivity contribution is -0.116. The van der Waals surface area contributed by atoms with Crippen molar-refractivity contribution in [1.82, 2.24) is 14.1 Å². The van der Waals surface area contributed by atoms with Gasteiger partial charge >= 0.3 is 11.7 Å². The SMILES string of the molecule is COC(=O)c1cc(C)nc2c1c(=O)n(CC(=O)Nc1cccc(F)c1)c(=O)n2-c1cccc(OC)c1. The number of aromatic nitrogens is 3. The highest BCUT2D eigenvalue weighted by atomic mass is 19.1. The van der Waals surface area contributed by atoms with Crippen LogP contribution in [0, 0.1) is 12.7 Å². The molecule has 0 saturated heterocycles. The highest BCUT2D eigenvalue weighted by Gasteiger charge is 2.24. The second kappa shape index (κ2) is 9.82. The number of ether oxygens (including phenoxy) is 2. The fourth-order valence-corrected chi connectivity index (χ4v) is 3.77. The molecular formula is C25H21FN4O6. The van der Waals surface area contributed by atoms with Gasteiger partial charge in [0.2, 0.25) is 5.91 Å². The molecule has 0 aliphatic rings. The van der Waals surface area contributed by atoms with Crippen LogP contribution in [0.25, 0.3) is 16.7 Å². The quantitative estimate of drug-likeness (QED) is 0.410. The Balaban J connectivity index is 1.98. The van der Waals surface area contributed by atoms with E-state index in [4.69, 9.17) is 9.47 Å². The number of fused-ring (bicyclic) bond motifs is 1. The van der Waals surface area contributed by atoms with Crippen molar-refractivity contribution >= 4 is 28.6 Å². The molecule has 0 saturated carbocycles. The smallest absolute Gasteiger partial charge is 0.338 e. The number of methoxy groups -OCH3 is 2. The maximum Gasteiger partial charge on any atom is 0.338 e. The van der Waals surface area contributed by atoms with Crippen LogP contribution in [0.2, 0.25) is 0 Å². The van der Waals surface area contributed by atoms with Crippen LogP contribution in [0.3, 0.4) is 0 Å². The Hall–Kier alpha value is -4.80.